The van der Waals surface area contributed by atoms with Crippen LogP contribution in [0.5, 0.6) is 5.75 Å². The topological polar surface area (TPSA) is 69.0 Å². The highest BCUT2D eigenvalue weighted by Gasteiger charge is 2.20. The number of amides is 1. The number of rotatable bonds is 7. The van der Waals surface area contributed by atoms with Crippen LogP contribution < -0.4 is 10.1 Å². The zero-order valence-corrected chi connectivity index (χ0v) is 17.4. The first-order valence-electron chi connectivity index (χ1n) is 9.18. The maximum Gasteiger partial charge on any atom is 0.230 e. The van der Waals surface area contributed by atoms with Crippen LogP contribution in [0, 0.1) is 6.92 Å². The molecule has 1 aliphatic carbocycles. The molecule has 0 saturated heterocycles. The summed E-state index contributed by atoms with van der Waals surface area (Å²) in [5.74, 6) is 1.87. The van der Waals surface area contributed by atoms with E-state index in [0.717, 1.165) is 24.2 Å². The van der Waals surface area contributed by atoms with E-state index < -0.39 is 0 Å². The number of hydrogen-bond donors (Lipinski definition) is 1. The Morgan fingerprint density at radius 1 is 1.41 bits per heavy atom. The molecular weight excluding hydrogens is 384 g/mol. The number of aromatic nitrogens is 3. The maximum absolute atomic E-state index is 12.1. The number of nitrogens with one attached hydrogen (secondary N) is 1. The van der Waals surface area contributed by atoms with Gasteiger partial charge in [-0.2, -0.15) is 0 Å². The molecule has 1 aromatic heterocycles. The molecule has 0 bridgehead atoms. The number of ether oxygens (including phenoxy) is 1. The Morgan fingerprint density at radius 2 is 2.15 bits per heavy atom. The lowest BCUT2D eigenvalue weighted by Crippen LogP contribution is -2.33. The lowest BCUT2D eigenvalue weighted by molar-refractivity contribution is -0.119. The summed E-state index contributed by atoms with van der Waals surface area (Å²) in [4.78, 5) is 12.1. The molecule has 1 saturated carbocycles. The van der Waals surface area contributed by atoms with Crippen LogP contribution in [0.2, 0.25) is 5.02 Å². The summed E-state index contributed by atoms with van der Waals surface area (Å²) in [6, 6.07) is 5.86. The Hall–Kier alpha value is -1.73. The van der Waals surface area contributed by atoms with Gasteiger partial charge in [-0.3, -0.25) is 4.79 Å². The minimum absolute atomic E-state index is 0.0533. The van der Waals surface area contributed by atoms with Crippen LogP contribution in [0.15, 0.2) is 23.4 Å². The molecule has 1 atom stereocenters. The second-order valence-corrected chi connectivity index (χ2v) is 8.29. The van der Waals surface area contributed by atoms with E-state index in [0.29, 0.717) is 27.8 Å². The first-order valence-corrected chi connectivity index (χ1v) is 10.5. The summed E-state index contributed by atoms with van der Waals surface area (Å²) >= 11 is 7.39. The highest BCUT2D eigenvalue weighted by atomic mass is 35.5. The second-order valence-electron chi connectivity index (χ2n) is 6.91. The summed E-state index contributed by atoms with van der Waals surface area (Å²) in [5, 5.41) is 12.9. The van der Waals surface area contributed by atoms with Crippen LogP contribution in [0.1, 0.15) is 50.1 Å². The van der Waals surface area contributed by atoms with Gasteiger partial charge in [0.2, 0.25) is 5.91 Å². The highest BCUT2D eigenvalue weighted by Crippen LogP contribution is 2.27. The van der Waals surface area contributed by atoms with E-state index in [1.807, 2.05) is 37.6 Å². The van der Waals surface area contributed by atoms with Crippen LogP contribution in [-0.2, 0) is 11.8 Å². The molecule has 0 aliphatic heterocycles. The van der Waals surface area contributed by atoms with Crippen molar-refractivity contribution in [1.29, 1.82) is 0 Å². The Bertz CT molecular complexity index is 805. The maximum atomic E-state index is 12.1. The number of thioether (sulfide) groups is 1. The van der Waals surface area contributed by atoms with Gasteiger partial charge in [0.25, 0.3) is 0 Å². The van der Waals surface area contributed by atoms with Crippen molar-refractivity contribution in [3.8, 4) is 5.75 Å². The zero-order valence-electron chi connectivity index (χ0n) is 15.9. The molecule has 1 heterocycles. The normalized spacial score (nSPS) is 15.7. The fourth-order valence-corrected chi connectivity index (χ4v) is 4.22. The van der Waals surface area contributed by atoms with Crippen LogP contribution in [0.3, 0.4) is 0 Å². The number of carbonyl (C=O) groups is 1. The molecule has 3 rings (SSSR count). The quantitative estimate of drug-likeness (QED) is 0.699. The molecule has 8 heteroatoms. The Labute approximate surface area is 169 Å². The third-order valence-electron chi connectivity index (χ3n) is 4.73. The molecule has 1 aliphatic rings. The number of halogens is 1. The Morgan fingerprint density at radius 3 is 2.85 bits per heavy atom. The van der Waals surface area contributed by atoms with Gasteiger partial charge in [0.1, 0.15) is 5.75 Å². The van der Waals surface area contributed by atoms with Crippen LogP contribution in [0.25, 0.3) is 0 Å². The van der Waals surface area contributed by atoms with Gasteiger partial charge in [-0.1, -0.05) is 36.2 Å². The lowest BCUT2D eigenvalue weighted by atomic mass is 10.2. The van der Waals surface area contributed by atoms with E-state index in [-0.39, 0.29) is 12.0 Å². The number of aryl methyl sites for hydroxylation is 1. The largest absolute Gasteiger partial charge is 0.482 e. The second kappa shape index (κ2) is 8.97. The minimum Gasteiger partial charge on any atom is -0.482 e. The van der Waals surface area contributed by atoms with Gasteiger partial charge in [-0.25, -0.2) is 0 Å². The SMILES string of the molecule is Cc1cc(Cl)ccc1OC(C)c1nnc(SCC(=O)NC2CCCC2)n1C. The minimum atomic E-state index is -0.274. The van der Waals surface area contributed by atoms with E-state index in [1.54, 1.807) is 6.07 Å². The van der Waals surface area contributed by atoms with Crippen molar-refractivity contribution in [2.75, 3.05) is 5.75 Å². The number of benzene rings is 1. The smallest absolute Gasteiger partial charge is 0.230 e. The molecule has 146 valence electrons. The standard InChI is InChI=1S/C19H25ClN4O2S/c1-12-10-14(20)8-9-16(12)26-13(2)18-22-23-19(24(18)3)27-11-17(25)21-15-6-4-5-7-15/h8-10,13,15H,4-7,11H2,1-3H3,(H,21,25). The third kappa shape index (κ3) is 5.17. The van der Waals surface area contributed by atoms with Crippen molar-refractivity contribution in [2.45, 2.75) is 56.8 Å². The van der Waals surface area contributed by atoms with E-state index >= 15 is 0 Å². The van der Waals surface area contributed by atoms with Crippen LogP contribution in [0.4, 0.5) is 0 Å². The number of hydrogen-bond acceptors (Lipinski definition) is 5. The van der Waals surface area contributed by atoms with Crippen LogP contribution in [-0.4, -0.2) is 32.5 Å². The van der Waals surface area contributed by atoms with E-state index in [4.69, 9.17) is 16.3 Å². The molecule has 27 heavy (non-hydrogen) atoms. The first-order chi connectivity index (χ1) is 12.9. The molecule has 1 aromatic carbocycles. The summed E-state index contributed by atoms with van der Waals surface area (Å²) < 4.78 is 7.90. The summed E-state index contributed by atoms with van der Waals surface area (Å²) in [6.07, 6.45) is 4.31. The van der Waals surface area contributed by atoms with Gasteiger partial charge in [-0.15, -0.1) is 10.2 Å². The summed E-state index contributed by atoms with van der Waals surface area (Å²) in [6.45, 7) is 3.88. The predicted molar refractivity (Wildman–Crippen MR) is 107 cm³/mol. The van der Waals surface area contributed by atoms with Crippen molar-refractivity contribution in [2.24, 2.45) is 7.05 Å². The molecule has 1 N–H and O–H groups in total. The van der Waals surface area contributed by atoms with Gasteiger partial charge in [0, 0.05) is 18.1 Å². The number of carbonyl (C=O) groups excluding carboxylic acids is 1. The Kier molecular flexibility index (Phi) is 6.65. The van der Waals surface area contributed by atoms with Crippen molar-refractivity contribution in [1.82, 2.24) is 20.1 Å². The van der Waals surface area contributed by atoms with E-state index in [2.05, 4.69) is 15.5 Å². The average molecular weight is 409 g/mol. The van der Waals surface area contributed by atoms with Crippen molar-refractivity contribution < 1.29 is 9.53 Å². The molecule has 0 radical (unpaired) electrons. The molecule has 1 amide bonds. The third-order valence-corrected chi connectivity index (χ3v) is 5.98. The molecule has 1 fully saturated rings. The first kappa shape index (κ1) is 20.0. The average Bonchev–Trinajstić information content (AvgIpc) is 3.25. The molecule has 2 aromatic rings. The van der Waals surface area contributed by atoms with Crippen molar-refractivity contribution >= 4 is 29.3 Å². The monoisotopic (exact) mass is 408 g/mol. The van der Waals surface area contributed by atoms with Gasteiger partial charge < -0.3 is 14.6 Å². The van der Waals surface area contributed by atoms with Crippen molar-refractivity contribution in [3.63, 3.8) is 0 Å². The number of nitrogens with zero attached hydrogens (tertiary/aromatic N) is 3. The van der Waals surface area contributed by atoms with E-state index in [9.17, 15) is 4.79 Å². The predicted octanol–water partition coefficient (Wildman–Crippen LogP) is 4.07. The van der Waals surface area contributed by atoms with Gasteiger partial charge in [-0.05, 0) is 50.5 Å². The fourth-order valence-electron chi connectivity index (χ4n) is 3.26. The van der Waals surface area contributed by atoms with Gasteiger partial charge >= 0.3 is 0 Å². The van der Waals surface area contributed by atoms with Crippen LogP contribution >= 0.6 is 23.4 Å². The molecule has 6 nitrogen and oxygen atoms in total. The molecular formula is C19H25ClN4O2S. The summed E-state index contributed by atoms with van der Waals surface area (Å²) in [7, 11) is 1.89. The molecule has 0 spiro atoms. The lowest BCUT2D eigenvalue weighted by Gasteiger charge is -2.16. The summed E-state index contributed by atoms with van der Waals surface area (Å²) in [5.41, 5.74) is 0.967. The highest BCUT2D eigenvalue weighted by molar-refractivity contribution is 7.99. The van der Waals surface area contributed by atoms with E-state index in [1.165, 1.54) is 24.6 Å². The fraction of sp³-hybridized carbons (Fsp3) is 0.526. The zero-order chi connectivity index (χ0) is 19.4. The molecule has 1 unspecified atom stereocenters. The van der Waals surface area contributed by atoms with Gasteiger partial charge in [0.05, 0.1) is 5.75 Å². The van der Waals surface area contributed by atoms with Gasteiger partial charge in [0.15, 0.2) is 17.1 Å². The Balaban J connectivity index is 1.57. The van der Waals surface area contributed by atoms with Crippen molar-refractivity contribution in [3.05, 3.63) is 34.6 Å².